The lowest BCUT2D eigenvalue weighted by Gasteiger charge is -2.22. The van der Waals surface area contributed by atoms with Gasteiger partial charge in [-0.2, -0.15) is 0 Å². The molecule has 1 atom stereocenters. The van der Waals surface area contributed by atoms with Crippen molar-refractivity contribution in [3.63, 3.8) is 0 Å². The number of carbonyl (C=O) groups excluding carboxylic acids is 1. The summed E-state index contributed by atoms with van der Waals surface area (Å²) in [7, 11) is 3.28. The average Bonchev–Trinajstić information content (AvgIpc) is 3.40. The normalized spacial score (nSPS) is 11.8. The third-order valence-corrected chi connectivity index (χ3v) is 7.32. The average molecular weight is 550 g/mol. The Morgan fingerprint density at radius 3 is 2.50 bits per heavy atom. The summed E-state index contributed by atoms with van der Waals surface area (Å²) in [6.45, 7) is 4.08. The molecule has 0 aliphatic rings. The van der Waals surface area contributed by atoms with Crippen LogP contribution in [0.15, 0.2) is 78.2 Å². The molecule has 0 bridgehead atoms. The molecule has 1 aromatic heterocycles. The van der Waals surface area contributed by atoms with Crippen molar-refractivity contribution in [2.75, 3.05) is 20.8 Å². The van der Waals surface area contributed by atoms with Crippen LogP contribution >= 0.6 is 22.9 Å². The van der Waals surface area contributed by atoms with E-state index in [1.165, 1.54) is 11.3 Å². The van der Waals surface area contributed by atoms with Gasteiger partial charge in [0.25, 0.3) is 5.91 Å². The zero-order valence-corrected chi connectivity index (χ0v) is 23.4. The first-order valence-electron chi connectivity index (χ1n) is 12.4. The number of ether oxygens (including phenoxy) is 2. The lowest BCUT2D eigenvalue weighted by atomic mass is 10.1. The van der Waals surface area contributed by atoms with Crippen molar-refractivity contribution in [2.24, 2.45) is 0 Å². The zero-order chi connectivity index (χ0) is 26.9. The number of hydrogen-bond donors (Lipinski definition) is 1. The molecule has 4 rings (SSSR count). The first-order chi connectivity index (χ1) is 18.4. The van der Waals surface area contributed by atoms with Crippen molar-refractivity contribution >= 4 is 28.8 Å². The van der Waals surface area contributed by atoms with Crippen molar-refractivity contribution in [1.29, 1.82) is 0 Å². The Balaban J connectivity index is 1.45. The first-order valence-corrected chi connectivity index (χ1v) is 13.7. The van der Waals surface area contributed by atoms with E-state index >= 15 is 0 Å². The quantitative estimate of drug-likeness (QED) is 0.217. The van der Waals surface area contributed by atoms with Gasteiger partial charge in [0.15, 0.2) is 11.5 Å². The largest absolute Gasteiger partial charge is 0.493 e. The van der Waals surface area contributed by atoms with Crippen LogP contribution in [0.25, 0.3) is 0 Å². The number of nitrogens with one attached hydrogen (secondary N) is 1. The molecule has 0 radical (unpaired) electrons. The molecule has 1 N–H and O–H groups in total. The molecule has 1 unspecified atom stereocenters. The molecule has 0 spiro atoms. The minimum Gasteiger partial charge on any atom is -0.493 e. The van der Waals surface area contributed by atoms with E-state index in [2.05, 4.69) is 27.3 Å². The molecule has 8 heteroatoms. The van der Waals surface area contributed by atoms with Crippen LogP contribution in [0.4, 0.5) is 0 Å². The highest BCUT2D eigenvalue weighted by Crippen LogP contribution is 2.28. The zero-order valence-electron chi connectivity index (χ0n) is 21.8. The Morgan fingerprint density at radius 1 is 0.974 bits per heavy atom. The molecule has 0 saturated carbocycles. The number of hydrogen-bond acceptors (Lipinski definition) is 6. The number of carbonyl (C=O) groups is 1. The Kier molecular flexibility index (Phi) is 9.76. The molecule has 1 amide bonds. The highest BCUT2D eigenvalue weighted by molar-refractivity contribution is 7.09. The van der Waals surface area contributed by atoms with Gasteiger partial charge in [0.2, 0.25) is 0 Å². The molecule has 3 aromatic carbocycles. The lowest BCUT2D eigenvalue weighted by molar-refractivity contribution is 0.0935. The number of benzene rings is 3. The predicted octanol–water partition coefficient (Wildman–Crippen LogP) is 6.55. The molecular weight excluding hydrogens is 518 g/mol. The van der Waals surface area contributed by atoms with Gasteiger partial charge in [-0.1, -0.05) is 60.1 Å². The van der Waals surface area contributed by atoms with E-state index in [4.69, 9.17) is 21.1 Å². The number of aromatic nitrogens is 1. The predicted molar refractivity (Wildman–Crippen MR) is 153 cm³/mol. The summed E-state index contributed by atoms with van der Waals surface area (Å²) in [5.41, 5.74) is 3.76. The van der Waals surface area contributed by atoms with Crippen molar-refractivity contribution in [1.82, 2.24) is 15.2 Å². The Hall–Kier alpha value is -3.39. The second-order valence-electron chi connectivity index (χ2n) is 9.01. The monoisotopic (exact) mass is 549 g/mol. The number of halogens is 1. The third-order valence-electron chi connectivity index (χ3n) is 6.25. The SMILES string of the molecule is COc1ccc(CCN(Cc2cccc(Cl)c2)Cc2nc(C(=O)NC(C)c3ccccc3)cs2)cc1OC. The Morgan fingerprint density at radius 2 is 1.76 bits per heavy atom. The number of thiazole rings is 1. The van der Waals surface area contributed by atoms with Crippen molar-refractivity contribution < 1.29 is 14.3 Å². The van der Waals surface area contributed by atoms with Gasteiger partial charge < -0.3 is 14.8 Å². The molecule has 0 aliphatic carbocycles. The molecule has 198 valence electrons. The molecule has 0 fully saturated rings. The maximum atomic E-state index is 12.9. The summed E-state index contributed by atoms with van der Waals surface area (Å²) in [5, 5.41) is 6.47. The van der Waals surface area contributed by atoms with Crippen LogP contribution in [0.2, 0.25) is 5.02 Å². The molecule has 0 saturated heterocycles. The summed E-state index contributed by atoms with van der Waals surface area (Å²) in [6, 6.07) is 23.7. The summed E-state index contributed by atoms with van der Waals surface area (Å²) < 4.78 is 10.8. The van der Waals surface area contributed by atoms with Crippen LogP contribution in [-0.4, -0.2) is 36.6 Å². The van der Waals surface area contributed by atoms with Gasteiger partial charge in [0, 0.05) is 23.5 Å². The molecular formula is C30H32ClN3O3S. The summed E-state index contributed by atoms with van der Waals surface area (Å²) in [4.78, 5) is 19.8. The summed E-state index contributed by atoms with van der Waals surface area (Å²) in [5.74, 6) is 1.25. The molecule has 1 heterocycles. The highest BCUT2D eigenvalue weighted by Gasteiger charge is 2.17. The van der Waals surface area contributed by atoms with Gasteiger partial charge in [-0.15, -0.1) is 11.3 Å². The van der Waals surface area contributed by atoms with Crippen molar-refractivity contribution in [3.8, 4) is 11.5 Å². The maximum absolute atomic E-state index is 12.9. The lowest BCUT2D eigenvalue weighted by Crippen LogP contribution is -2.27. The fraction of sp³-hybridized carbons (Fsp3) is 0.267. The van der Waals surface area contributed by atoms with Crippen LogP contribution in [0.3, 0.4) is 0 Å². The minimum atomic E-state index is -0.171. The van der Waals surface area contributed by atoms with Crippen LogP contribution < -0.4 is 14.8 Å². The second kappa shape index (κ2) is 13.4. The molecule has 0 aliphatic heterocycles. The number of nitrogens with zero attached hydrogens (tertiary/aromatic N) is 2. The van der Waals surface area contributed by atoms with Crippen LogP contribution in [0.5, 0.6) is 11.5 Å². The minimum absolute atomic E-state index is 0.102. The Labute approximate surface area is 233 Å². The number of amides is 1. The van der Waals surface area contributed by atoms with Gasteiger partial charge in [-0.25, -0.2) is 4.98 Å². The van der Waals surface area contributed by atoms with E-state index in [0.29, 0.717) is 35.3 Å². The fourth-order valence-electron chi connectivity index (χ4n) is 4.21. The highest BCUT2D eigenvalue weighted by atomic mass is 35.5. The van der Waals surface area contributed by atoms with Crippen LogP contribution in [-0.2, 0) is 19.5 Å². The third kappa shape index (κ3) is 7.57. The van der Waals surface area contributed by atoms with Gasteiger partial charge in [0.05, 0.1) is 26.8 Å². The fourth-order valence-corrected chi connectivity index (χ4v) is 5.23. The van der Waals surface area contributed by atoms with E-state index in [-0.39, 0.29) is 11.9 Å². The van der Waals surface area contributed by atoms with Crippen molar-refractivity contribution in [3.05, 3.63) is 111 Å². The van der Waals surface area contributed by atoms with E-state index in [9.17, 15) is 4.79 Å². The maximum Gasteiger partial charge on any atom is 0.271 e. The van der Waals surface area contributed by atoms with E-state index in [0.717, 1.165) is 34.7 Å². The topological polar surface area (TPSA) is 63.7 Å². The molecule has 6 nitrogen and oxygen atoms in total. The standard InChI is InChI=1S/C30H32ClN3O3S/c1-21(24-9-5-4-6-10-24)32-30(35)26-20-38-29(33-26)19-34(18-23-8-7-11-25(31)16-23)15-14-22-12-13-27(36-2)28(17-22)37-3/h4-13,16-17,20-21H,14-15,18-19H2,1-3H3,(H,32,35). The molecule has 38 heavy (non-hydrogen) atoms. The van der Waals surface area contributed by atoms with E-state index < -0.39 is 0 Å². The second-order valence-corrected chi connectivity index (χ2v) is 10.4. The van der Waals surface area contributed by atoms with Gasteiger partial charge in [-0.05, 0) is 54.3 Å². The Bertz CT molecular complexity index is 1350. The smallest absolute Gasteiger partial charge is 0.271 e. The first kappa shape index (κ1) is 27.6. The summed E-state index contributed by atoms with van der Waals surface area (Å²) in [6.07, 6.45) is 0.814. The van der Waals surface area contributed by atoms with Gasteiger partial charge in [-0.3, -0.25) is 9.69 Å². The number of rotatable bonds is 12. The van der Waals surface area contributed by atoms with E-state index in [1.54, 1.807) is 14.2 Å². The van der Waals surface area contributed by atoms with Gasteiger partial charge in [0.1, 0.15) is 10.7 Å². The van der Waals surface area contributed by atoms with E-state index in [1.807, 2.05) is 73.0 Å². The number of methoxy groups -OCH3 is 2. The van der Waals surface area contributed by atoms with Crippen LogP contribution in [0.1, 0.15) is 45.2 Å². The summed E-state index contributed by atoms with van der Waals surface area (Å²) >= 11 is 7.75. The van der Waals surface area contributed by atoms with Gasteiger partial charge >= 0.3 is 0 Å². The van der Waals surface area contributed by atoms with Crippen LogP contribution in [0, 0.1) is 0 Å². The van der Waals surface area contributed by atoms with Crippen molar-refractivity contribution in [2.45, 2.75) is 32.5 Å². The molecule has 4 aromatic rings.